The van der Waals surface area contributed by atoms with Crippen molar-refractivity contribution in [1.82, 2.24) is 10.3 Å². The van der Waals surface area contributed by atoms with Crippen LogP contribution < -0.4 is 19.5 Å². The van der Waals surface area contributed by atoms with E-state index >= 15 is 0 Å². The second-order valence-corrected chi connectivity index (χ2v) is 8.16. The van der Waals surface area contributed by atoms with Crippen molar-refractivity contribution in [1.29, 1.82) is 0 Å². The third-order valence-electron chi connectivity index (χ3n) is 5.81. The van der Waals surface area contributed by atoms with Gasteiger partial charge < -0.3 is 29.1 Å². The molecule has 4 rings (SSSR count). The predicted molar refractivity (Wildman–Crippen MR) is 133 cm³/mol. The molecule has 192 valence electrons. The zero-order valence-corrected chi connectivity index (χ0v) is 20.5. The summed E-state index contributed by atoms with van der Waals surface area (Å²) in [5.41, 5.74) is 3.86. The second-order valence-electron chi connectivity index (χ2n) is 8.16. The number of amides is 1. The summed E-state index contributed by atoms with van der Waals surface area (Å²) >= 11 is 0. The Morgan fingerprint density at radius 1 is 1.16 bits per heavy atom. The number of aliphatic carboxylic acids is 1. The van der Waals surface area contributed by atoms with Crippen molar-refractivity contribution in [3.05, 3.63) is 76.8 Å². The van der Waals surface area contributed by atoms with Crippen LogP contribution in [0.3, 0.4) is 0 Å². The van der Waals surface area contributed by atoms with E-state index in [1.165, 1.54) is 26.5 Å². The molecular formula is C27H25FN2O7. The number of carbonyl (C=O) groups is 2. The molecule has 3 aromatic rings. The lowest BCUT2D eigenvalue weighted by atomic mass is 10.0. The SMILES string of the molecule is COc1cc(C=C2C(C)=C(CC(=O)NCc3ccco3)c3nc(F)ccc32)cc(OC)c1OCC(=O)O. The van der Waals surface area contributed by atoms with Gasteiger partial charge in [0.1, 0.15) is 5.76 Å². The Morgan fingerprint density at radius 2 is 1.89 bits per heavy atom. The summed E-state index contributed by atoms with van der Waals surface area (Å²) in [6, 6.07) is 9.73. The summed E-state index contributed by atoms with van der Waals surface area (Å²) in [7, 11) is 2.86. The van der Waals surface area contributed by atoms with Gasteiger partial charge in [0.15, 0.2) is 18.1 Å². The van der Waals surface area contributed by atoms with E-state index in [1.54, 1.807) is 30.3 Å². The van der Waals surface area contributed by atoms with Gasteiger partial charge in [-0.05, 0) is 71.7 Å². The number of hydrogen-bond donors (Lipinski definition) is 2. The predicted octanol–water partition coefficient (Wildman–Crippen LogP) is 4.33. The zero-order valence-electron chi connectivity index (χ0n) is 20.5. The van der Waals surface area contributed by atoms with Gasteiger partial charge in [-0.2, -0.15) is 4.39 Å². The number of furan rings is 1. The molecule has 9 nitrogen and oxygen atoms in total. The van der Waals surface area contributed by atoms with Gasteiger partial charge in [-0.25, -0.2) is 9.78 Å². The van der Waals surface area contributed by atoms with E-state index < -0.39 is 18.5 Å². The maximum atomic E-state index is 14.1. The standard InChI is InChI=1S/C27H25FN2O7/c1-15-19(9-16-10-21(34-2)27(22(11-16)35-3)37-14-25(32)33)18-6-7-23(28)30-26(18)20(15)12-24(31)29-13-17-5-4-8-36-17/h4-11H,12-14H2,1-3H3,(H,29,31)(H,32,33). The van der Waals surface area contributed by atoms with Crippen LogP contribution in [0.4, 0.5) is 4.39 Å². The molecule has 0 aliphatic heterocycles. The topological polar surface area (TPSA) is 120 Å². The minimum atomic E-state index is -1.14. The van der Waals surface area contributed by atoms with E-state index in [2.05, 4.69) is 10.3 Å². The Kier molecular flexibility index (Phi) is 7.57. The van der Waals surface area contributed by atoms with Crippen molar-refractivity contribution < 1.29 is 37.7 Å². The Hall–Kier alpha value is -4.60. The molecule has 2 aromatic heterocycles. The molecule has 0 unspecified atom stereocenters. The van der Waals surface area contributed by atoms with Crippen molar-refractivity contribution in [2.45, 2.75) is 19.9 Å². The third kappa shape index (κ3) is 5.64. The fourth-order valence-electron chi connectivity index (χ4n) is 4.08. The normalized spacial score (nSPS) is 13.5. The van der Waals surface area contributed by atoms with Gasteiger partial charge in [0.2, 0.25) is 17.6 Å². The van der Waals surface area contributed by atoms with Crippen molar-refractivity contribution >= 4 is 29.1 Å². The van der Waals surface area contributed by atoms with Gasteiger partial charge in [0, 0.05) is 5.56 Å². The molecule has 0 saturated heterocycles. The quantitative estimate of drug-likeness (QED) is 0.389. The van der Waals surface area contributed by atoms with Crippen molar-refractivity contribution in [3.63, 3.8) is 0 Å². The molecule has 0 bridgehead atoms. The number of halogens is 1. The average molecular weight is 509 g/mol. The maximum Gasteiger partial charge on any atom is 0.341 e. The molecule has 1 aliphatic rings. The highest BCUT2D eigenvalue weighted by molar-refractivity contribution is 6.07. The van der Waals surface area contributed by atoms with Crippen LogP contribution in [0.15, 0.2) is 52.7 Å². The minimum absolute atomic E-state index is 0.00193. The van der Waals surface area contributed by atoms with Gasteiger partial charge >= 0.3 is 5.97 Å². The number of rotatable bonds is 10. The van der Waals surface area contributed by atoms with Crippen LogP contribution in [0.2, 0.25) is 0 Å². The Balaban J connectivity index is 1.69. The Labute approximate surface area is 212 Å². The Morgan fingerprint density at radius 3 is 2.51 bits per heavy atom. The average Bonchev–Trinajstić information content (AvgIpc) is 3.48. The number of benzene rings is 1. The van der Waals surface area contributed by atoms with E-state index in [9.17, 15) is 14.0 Å². The number of fused-ring (bicyclic) bond motifs is 1. The molecule has 2 N–H and O–H groups in total. The van der Waals surface area contributed by atoms with Crippen LogP contribution in [0.25, 0.3) is 17.2 Å². The van der Waals surface area contributed by atoms with Gasteiger partial charge in [-0.15, -0.1) is 0 Å². The summed E-state index contributed by atoms with van der Waals surface area (Å²) in [5, 5.41) is 11.8. The highest BCUT2D eigenvalue weighted by Crippen LogP contribution is 2.44. The molecule has 0 fully saturated rings. The van der Waals surface area contributed by atoms with Crippen LogP contribution in [0.5, 0.6) is 17.2 Å². The number of ether oxygens (including phenoxy) is 3. The first-order chi connectivity index (χ1) is 17.8. The molecule has 2 heterocycles. The maximum absolute atomic E-state index is 14.1. The smallest absolute Gasteiger partial charge is 0.341 e. The molecule has 1 aliphatic carbocycles. The number of aromatic nitrogens is 1. The monoisotopic (exact) mass is 508 g/mol. The number of nitrogens with one attached hydrogen (secondary N) is 1. The third-order valence-corrected chi connectivity index (χ3v) is 5.81. The first-order valence-corrected chi connectivity index (χ1v) is 11.3. The number of carboxylic acids is 1. The number of hydrogen-bond acceptors (Lipinski definition) is 7. The fourth-order valence-corrected chi connectivity index (χ4v) is 4.08. The lowest BCUT2D eigenvalue weighted by Crippen LogP contribution is -2.22. The van der Waals surface area contributed by atoms with Gasteiger partial charge in [0.05, 0.1) is 39.1 Å². The number of nitrogens with zero attached hydrogens (tertiary/aromatic N) is 1. The second kappa shape index (κ2) is 11.0. The van der Waals surface area contributed by atoms with Crippen molar-refractivity contribution in [3.8, 4) is 17.2 Å². The lowest BCUT2D eigenvalue weighted by molar-refractivity contribution is -0.139. The summed E-state index contributed by atoms with van der Waals surface area (Å²) in [5.74, 6) is -0.708. The van der Waals surface area contributed by atoms with E-state index in [-0.39, 0.29) is 36.1 Å². The zero-order chi connectivity index (χ0) is 26.5. The van der Waals surface area contributed by atoms with Crippen molar-refractivity contribution in [2.75, 3.05) is 20.8 Å². The van der Waals surface area contributed by atoms with Crippen LogP contribution >= 0.6 is 0 Å². The van der Waals surface area contributed by atoms with Gasteiger partial charge in [-0.1, -0.05) is 0 Å². The first-order valence-electron chi connectivity index (χ1n) is 11.3. The molecule has 0 radical (unpaired) electrons. The van der Waals surface area contributed by atoms with Gasteiger partial charge in [-0.3, -0.25) is 4.79 Å². The molecule has 10 heteroatoms. The number of allylic oxidation sites excluding steroid dienone is 2. The summed E-state index contributed by atoms with van der Waals surface area (Å²) in [6.07, 6.45) is 3.37. The van der Waals surface area contributed by atoms with Crippen LogP contribution in [0.1, 0.15) is 35.9 Å². The fraction of sp³-hybridized carbons (Fsp3) is 0.222. The molecule has 37 heavy (non-hydrogen) atoms. The van der Waals surface area contributed by atoms with E-state index in [4.69, 9.17) is 23.7 Å². The highest BCUT2D eigenvalue weighted by Gasteiger charge is 2.27. The molecule has 1 amide bonds. The van der Waals surface area contributed by atoms with E-state index in [0.29, 0.717) is 28.2 Å². The summed E-state index contributed by atoms with van der Waals surface area (Å²) < 4.78 is 35.5. The van der Waals surface area contributed by atoms with E-state index in [0.717, 1.165) is 11.1 Å². The highest BCUT2D eigenvalue weighted by atomic mass is 19.1. The lowest BCUT2D eigenvalue weighted by Gasteiger charge is -2.15. The molecule has 0 spiro atoms. The molecule has 0 atom stereocenters. The molecular weight excluding hydrogens is 483 g/mol. The summed E-state index contributed by atoms with van der Waals surface area (Å²) in [4.78, 5) is 27.7. The van der Waals surface area contributed by atoms with E-state index in [1.807, 2.05) is 13.0 Å². The van der Waals surface area contributed by atoms with Gasteiger partial charge in [0.25, 0.3) is 0 Å². The molecule has 0 saturated carbocycles. The van der Waals surface area contributed by atoms with Crippen LogP contribution in [0, 0.1) is 5.95 Å². The first kappa shape index (κ1) is 25.5. The Bertz CT molecular complexity index is 1370. The van der Waals surface area contributed by atoms with Crippen molar-refractivity contribution in [2.24, 2.45) is 0 Å². The number of methoxy groups -OCH3 is 2. The van der Waals surface area contributed by atoms with Crippen LogP contribution in [-0.4, -0.2) is 42.8 Å². The minimum Gasteiger partial charge on any atom is -0.493 e. The largest absolute Gasteiger partial charge is 0.493 e. The number of carboxylic acid groups (broad SMARTS) is 1. The summed E-state index contributed by atoms with van der Waals surface area (Å²) in [6.45, 7) is 1.52. The van der Waals surface area contributed by atoms with Crippen LogP contribution in [-0.2, 0) is 16.1 Å². The molecule has 1 aromatic carbocycles. The number of carbonyl (C=O) groups excluding carboxylic acids is 1. The number of pyridine rings is 1.